The van der Waals surface area contributed by atoms with Gasteiger partial charge in [-0.15, -0.1) is 0 Å². The molecule has 1 fully saturated rings. The summed E-state index contributed by atoms with van der Waals surface area (Å²) in [5, 5.41) is 3.89. The number of ether oxygens (including phenoxy) is 1. The summed E-state index contributed by atoms with van der Waals surface area (Å²) in [5.41, 5.74) is 0. The average molecular weight is 183 g/mol. The fourth-order valence-corrected chi connectivity index (χ4v) is 1.28. The van der Waals surface area contributed by atoms with Crippen molar-refractivity contribution in [1.82, 2.24) is 10.1 Å². The topological polar surface area (TPSA) is 51.4 Å². The molecular weight excluding hydrogens is 170 g/mol. The van der Waals surface area contributed by atoms with Crippen LogP contribution in [-0.4, -0.2) is 36.4 Å². The van der Waals surface area contributed by atoms with Gasteiger partial charge in [0.1, 0.15) is 0 Å². The summed E-state index contributed by atoms with van der Waals surface area (Å²) >= 11 is 0. The zero-order valence-corrected chi connectivity index (χ0v) is 7.69. The molecule has 0 bridgehead atoms. The van der Waals surface area contributed by atoms with E-state index in [0.29, 0.717) is 11.8 Å². The van der Waals surface area contributed by atoms with Gasteiger partial charge in [-0.05, 0) is 5.16 Å². The van der Waals surface area contributed by atoms with Crippen molar-refractivity contribution < 1.29 is 9.26 Å². The SMILES string of the molecule is CCc1nc(N2CCOCC2)no1. The van der Waals surface area contributed by atoms with Gasteiger partial charge in [0.05, 0.1) is 13.2 Å². The van der Waals surface area contributed by atoms with E-state index in [1.165, 1.54) is 0 Å². The predicted octanol–water partition coefficient (Wildman–Crippen LogP) is 0.469. The van der Waals surface area contributed by atoms with Crippen LogP contribution in [-0.2, 0) is 11.2 Å². The van der Waals surface area contributed by atoms with Crippen LogP contribution in [0.2, 0.25) is 0 Å². The van der Waals surface area contributed by atoms with Crippen molar-refractivity contribution in [1.29, 1.82) is 0 Å². The average Bonchev–Trinajstić information content (AvgIpc) is 2.67. The number of aromatic nitrogens is 2. The molecule has 0 atom stereocenters. The standard InChI is InChI=1S/C8H13N3O2/c1-2-7-9-8(10-13-7)11-3-5-12-6-4-11/h2-6H2,1H3. The first-order valence-corrected chi connectivity index (χ1v) is 4.55. The van der Waals surface area contributed by atoms with Crippen molar-refractivity contribution >= 4 is 5.95 Å². The van der Waals surface area contributed by atoms with Gasteiger partial charge in [0.15, 0.2) is 0 Å². The third kappa shape index (κ3) is 1.80. The summed E-state index contributed by atoms with van der Waals surface area (Å²) in [4.78, 5) is 6.32. The van der Waals surface area contributed by atoms with E-state index in [-0.39, 0.29) is 0 Å². The molecule has 1 aliphatic heterocycles. The molecule has 1 aromatic rings. The lowest BCUT2D eigenvalue weighted by molar-refractivity contribution is 0.121. The molecule has 0 spiro atoms. The van der Waals surface area contributed by atoms with Crippen LogP contribution in [0, 0.1) is 0 Å². The maximum atomic E-state index is 5.23. The molecule has 0 saturated carbocycles. The van der Waals surface area contributed by atoms with Crippen LogP contribution in [0.1, 0.15) is 12.8 Å². The van der Waals surface area contributed by atoms with Gasteiger partial charge in [-0.25, -0.2) is 0 Å². The van der Waals surface area contributed by atoms with Crippen LogP contribution in [0.15, 0.2) is 4.52 Å². The smallest absolute Gasteiger partial charge is 0.266 e. The number of hydrogen-bond donors (Lipinski definition) is 0. The summed E-state index contributed by atoms with van der Waals surface area (Å²) in [7, 11) is 0. The van der Waals surface area contributed by atoms with Gasteiger partial charge in [-0.2, -0.15) is 4.98 Å². The molecule has 5 heteroatoms. The Morgan fingerprint density at radius 3 is 2.77 bits per heavy atom. The Hall–Kier alpha value is -1.10. The van der Waals surface area contributed by atoms with Gasteiger partial charge in [0.2, 0.25) is 5.89 Å². The van der Waals surface area contributed by atoms with Crippen LogP contribution in [0.25, 0.3) is 0 Å². The zero-order chi connectivity index (χ0) is 9.10. The molecule has 5 nitrogen and oxygen atoms in total. The lowest BCUT2D eigenvalue weighted by atomic mass is 10.4. The lowest BCUT2D eigenvalue weighted by Gasteiger charge is -2.24. The van der Waals surface area contributed by atoms with Crippen LogP contribution in [0.3, 0.4) is 0 Å². The summed E-state index contributed by atoms with van der Waals surface area (Å²) in [6.07, 6.45) is 0.789. The minimum Gasteiger partial charge on any atom is -0.378 e. The molecule has 0 aliphatic carbocycles. The van der Waals surface area contributed by atoms with Crippen molar-refractivity contribution in [2.75, 3.05) is 31.2 Å². The number of morpholine rings is 1. The molecule has 0 amide bonds. The first-order valence-electron chi connectivity index (χ1n) is 4.55. The van der Waals surface area contributed by atoms with E-state index in [1.807, 2.05) is 6.92 Å². The monoisotopic (exact) mass is 183 g/mol. The van der Waals surface area contributed by atoms with E-state index in [2.05, 4.69) is 15.0 Å². The largest absolute Gasteiger partial charge is 0.378 e. The molecule has 0 N–H and O–H groups in total. The third-order valence-corrected chi connectivity index (χ3v) is 2.05. The highest BCUT2D eigenvalue weighted by Crippen LogP contribution is 2.10. The van der Waals surface area contributed by atoms with Crippen LogP contribution in [0.5, 0.6) is 0 Å². The van der Waals surface area contributed by atoms with Gasteiger partial charge < -0.3 is 14.2 Å². The zero-order valence-electron chi connectivity index (χ0n) is 7.69. The number of hydrogen-bond acceptors (Lipinski definition) is 5. The van der Waals surface area contributed by atoms with E-state index in [4.69, 9.17) is 9.26 Å². The Labute approximate surface area is 76.7 Å². The maximum absolute atomic E-state index is 5.23. The minimum atomic E-state index is 0.695. The Bertz CT molecular complexity index is 268. The molecule has 0 radical (unpaired) electrons. The van der Waals surface area contributed by atoms with E-state index < -0.39 is 0 Å². The van der Waals surface area contributed by atoms with Gasteiger partial charge in [0.25, 0.3) is 5.95 Å². The first-order chi connectivity index (χ1) is 6.40. The van der Waals surface area contributed by atoms with Gasteiger partial charge in [-0.3, -0.25) is 0 Å². The highest BCUT2D eigenvalue weighted by atomic mass is 16.5. The molecule has 2 heterocycles. The van der Waals surface area contributed by atoms with E-state index in [9.17, 15) is 0 Å². The summed E-state index contributed by atoms with van der Waals surface area (Å²) in [6, 6.07) is 0. The Morgan fingerprint density at radius 2 is 2.15 bits per heavy atom. The van der Waals surface area contributed by atoms with Crippen molar-refractivity contribution in [2.24, 2.45) is 0 Å². The van der Waals surface area contributed by atoms with Gasteiger partial charge in [-0.1, -0.05) is 6.92 Å². The number of aryl methyl sites for hydroxylation is 1. The lowest BCUT2D eigenvalue weighted by Crippen LogP contribution is -2.36. The minimum absolute atomic E-state index is 0.695. The van der Waals surface area contributed by atoms with Crippen LogP contribution in [0.4, 0.5) is 5.95 Å². The number of rotatable bonds is 2. The van der Waals surface area contributed by atoms with Gasteiger partial charge >= 0.3 is 0 Å². The molecule has 0 aromatic carbocycles. The highest BCUT2D eigenvalue weighted by Gasteiger charge is 2.16. The molecule has 1 aliphatic rings. The number of nitrogens with zero attached hydrogens (tertiary/aromatic N) is 3. The summed E-state index contributed by atoms with van der Waals surface area (Å²) in [6.45, 7) is 5.19. The van der Waals surface area contributed by atoms with E-state index in [1.54, 1.807) is 0 Å². The molecule has 13 heavy (non-hydrogen) atoms. The summed E-state index contributed by atoms with van der Waals surface area (Å²) < 4.78 is 10.2. The Morgan fingerprint density at radius 1 is 1.38 bits per heavy atom. The molecule has 1 saturated heterocycles. The second-order valence-electron chi connectivity index (χ2n) is 2.94. The molecule has 1 aromatic heterocycles. The predicted molar refractivity (Wildman–Crippen MR) is 46.7 cm³/mol. The fourth-order valence-electron chi connectivity index (χ4n) is 1.28. The fraction of sp³-hybridized carbons (Fsp3) is 0.750. The van der Waals surface area contributed by atoms with Crippen LogP contribution >= 0.6 is 0 Å². The van der Waals surface area contributed by atoms with Crippen molar-refractivity contribution in [2.45, 2.75) is 13.3 Å². The normalized spacial score (nSPS) is 17.8. The maximum Gasteiger partial charge on any atom is 0.266 e. The first kappa shape index (κ1) is 8.50. The Kier molecular flexibility index (Phi) is 2.44. The number of anilines is 1. The summed E-state index contributed by atoms with van der Waals surface area (Å²) in [5.74, 6) is 1.39. The second kappa shape index (κ2) is 3.74. The van der Waals surface area contributed by atoms with E-state index >= 15 is 0 Å². The molecule has 2 rings (SSSR count). The van der Waals surface area contributed by atoms with Gasteiger partial charge in [0, 0.05) is 19.5 Å². The van der Waals surface area contributed by atoms with Crippen molar-refractivity contribution in [3.8, 4) is 0 Å². The third-order valence-electron chi connectivity index (χ3n) is 2.05. The molecular formula is C8H13N3O2. The quantitative estimate of drug-likeness (QED) is 0.667. The van der Waals surface area contributed by atoms with Crippen molar-refractivity contribution in [3.63, 3.8) is 0 Å². The highest BCUT2D eigenvalue weighted by molar-refractivity contribution is 5.27. The van der Waals surface area contributed by atoms with Crippen molar-refractivity contribution in [3.05, 3.63) is 5.89 Å². The van der Waals surface area contributed by atoms with E-state index in [0.717, 1.165) is 32.7 Å². The van der Waals surface area contributed by atoms with Crippen LogP contribution < -0.4 is 4.90 Å². The molecule has 72 valence electrons. The Balaban J connectivity index is 2.05. The molecule has 0 unspecified atom stereocenters. The second-order valence-corrected chi connectivity index (χ2v) is 2.94.